The van der Waals surface area contributed by atoms with Gasteiger partial charge in [0, 0.05) is 11.1 Å². The number of rotatable bonds is 3. The molecule has 0 unspecified atom stereocenters. The summed E-state index contributed by atoms with van der Waals surface area (Å²) in [6.07, 6.45) is 0.515. The fraction of sp³-hybridized carbons (Fsp3) is 0.286. The molecule has 1 aliphatic rings. The molecule has 0 atom stereocenters. The molecule has 0 aliphatic heterocycles. The van der Waals surface area contributed by atoms with Gasteiger partial charge >= 0.3 is 0 Å². The molecule has 0 bridgehead atoms. The molecule has 0 spiro atoms. The van der Waals surface area contributed by atoms with Gasteiger partial charge in [-0.3, -0.25) is 9.59 Å². The van der Waals surface area contributed by atoms with E-state index < -0.39 is 11.8 Å². The van der Waals surface area contributed by atoms with Gasteiger partial charge in [0.05, 0.1) is 18.1 Å². The quantitative estimate of drug-likeness (QED) is 0.755. The largest absolute Gasteiger partial charge is 0.293 e. The maximum absolute atomic E-state index is 12.0. The minimum absolute atomic E-state index is 0.190. The fourth-order valence-electron chi connectivity index (χ4n) is 2.16. The van der Waals surface area contributed by atoms with Crippen LogP contribution in [0.1, 0.15) is 33.6 Å². The maximum atomic E-state index is 12.0. The topological polar surface area (TPSA) is 81.7 Å². The van der Waals surface area contributed by atoms with E-state index in [9.17, 15) is 9.59 Å². The van der Waals surface area contributed by atoms with Crippen molar-refractivity contribution < 1.29 is 9.59 Å². The van der Waals surface area contributed by atoms with E-state index in [0.717, 1.165) is 0 Å². The average molecular weight is 238 g/mol. The van der Waals surface area contributed by atoms with Crippen LogP contribution in [0.15, 0.2) is 24.3 Å². The summed E-state index contributed by atoms with van der Waals surface area (Å²) in [5.74, 6) is -1.85. The average Bonchev–Trinajstić information content (AvgIpc) is 2.65. The molecule has 0 saturated carbocycles. The summed E-state index contributed by atoms with van der Waals surface area (Å²) in [5.41, 5.74) is 0.913. The van der Waals surface area contributed by atoms with Crippen molar-refractivity contribution in [2.75, 3.05) is 0 Å². The Bertz CT molecular complexity index is 544. The van der Waals surface area contributed by atoms with E-state index in [2.05, 4.69) is 0 Å². The van der Waals surface area contributed by atoms with Crippen LogP contribution in [0.25, 0.3) is 0 Å². The second kappa shape index (κ2) is 4.81. The molecule has 0 saturated heterocycles. The summed E-state index contributed by atoms with van der Waals surface area (Å²) in [5, 5.41) is 17.3. The molecule has 88 valence electrons. The van der Waals surface area contributed by atoms with Gasteiger partial charge < -0.3 is 0 Å². The minimum Gasteiger partial charge on any atom is -0.293 e. The Kier molecular flexibility index (Phi) is 3.21. The molecule has 0 fully saturated rings. The Labute approximate surface area is 104 Å². The van der Waals surface area contributed by atoms with Crippen molar-refractivity contribution in [1.29, 1.82) is 10.5 Å². The molecule has 0 amide bonds. The van der Waals surface area contributed by atoms with Crippen LogP contribution >= 0.6 is 0 Å². The van der Waals surface area contributed by atoms with Gasteiger partial charge in [-0.1, -0.05) is 24.3 Å². The van der Waals surface area contributed by atoms with Crippen LogP contribution in [0.2, 0.25) is 0 Å². The predicted octanol–water partition coefficient (Wildman–Crippen LogP) is 2.13. The number of hydrogen-bond acceptors (Lipinski definition) is 4. The molecule has 1 aliphatic carbocycles. The Balaban J connectivity index is 2.15. The van der Waals surface area contributed by atoms with Crippen LogP contribution in [0, 0.1) is 34.5 Å². The number of Topliss-reactive ketones (excluding diaryl/α,β-unsaturated/α-hetero) is 2. The van der Waals surface area contributed by atoms with Crippen molar-refractivity contribution >= 4 is 11.6 Å². The fourth-order valence-corrected chi connectivity index (χ4v) is 2.16. The Morgan fingerprint density at radius 2 is 1.56 bits per heavy atom. The zero-order valence-electron chi connectivity index (χ0n) is 9.59. The van der Waals surface area contributed by atoms with Crippen LogP contribution in [-0.2, 0) is 0 Å². The van der Waals surface area contributed by atoms with Gasteiger partial charge in [0.1, 0.15) is 5.92 Å². The first-order valence-electron chi connectivity index (χ1n) is 5.65. The second-order valence-electron chi connectivity index (χ2n) is 4.21. The summed E-state index contributed by atoms with van der Waals surface area (Å²) in [7, 11) is 0. The number of carbonyl (C=O) groups is 2. The van der Waals surface area contributed by atoms with E-state index >= 15 is 0 Å². The number of nitriles is 2. The SMILES string of the molecule is N#CC(C#N)CCC1C(=O)c2ccccc2C1=O. The summed E-state index contributed by atoms with van der Waals surface area (Å²) in [6, 6.07) is 10.4. The normalized spacial score (nSPS) is 14.4. The molecule has 0 aromatic heterocycles. The molecular weight excluding hydrogens is 228 g/mol. The van der Waals surface area contributed by atoms with E-state index in [4.69, 9.17) is 10.5 Å². The molecule has 0 radical (unpaired) electrons. The van der Waals surface area contributed by atoms with Crippen LogP contribution in [0.5, 0.6) is 0 Å². The molecule has 0 heterocycles. The zero-order chi connectivity index (χ0) is 13.1. The van der Waals surface area contributed by atoms with E-state index in [1.54, 1.807) is 24.3 Å². The van der Waals surface area contributed by atoms with E-state index in [-0.39, 0.29) is 24.4 Å². The lowest BCUT2D eigenvalue weighted by atomic mass is 9.93. The van der Waals surface area contributed by atoms with Crippen molar-refractivity contribution in [1.82, 2.24) is 0 Å². The third kappa shape index (κ3) is 1.89. The van der Waals surface area contributed by atoms with Crippen LogP contribution in [-0.4, -0.2) is 11.6 Å². The highest BCUT2D eigenvalue weighted by atomic mass is 16.2. The standard InChI is InChI=1S/C14H10N2O2/c15-7-9(8-16)5-6-12-13(17)10-3-1-2-4-11(10)14(12)18/h1-4,9,12H,5-6H2. The summed E-state index contributed by atoms with van der Waals surface area (Å²) in [4.78, 5) is 24.0. The zero-order valence-corrected chi connectivity index (χ0v) is 9.59. The smallest absolute Gasteiger partial charge is 0.174 e. The summed E-state index contributed by atoms with van der Waals surface area (Å²) in [6.45, 7) is 0. The van der Waals surface area contributed by atoms with Crippen LogP contribution in [0.4, 0.5) is 0 Å². The van der Waals surface area contributed by atoms with E-state index in [1.807, 2.05) is 12.1 Å². The van der Waals surface area contributed by atoms with Crippen molar-refractivity contribution in [2.45, 2.75) is 12.8 Å². The molecular formula is C14H10N2O2. The Morgan fingerprint density at radius 3 is 2.00 bits per heavy atom. The highest BCUT2D eigenvalue weighted by Crippen LogP contribution is 2.30. The molecule has 2 rings (SSSR count). The lowest BCUT2D eigenvalue weighted by Crippen LogP contribution is -2.16. The Hall–Kier alpha value is -2.46. The number of hydrogen-bond donors (Lipinski definition) is 0. The van der Waals surface area contributed by atoms with Gasteiger partial charge in [0.2, 0.25) is 0 Å². The third-order valence-corrected chi connectivity index (χ3v) is 3.15. The molecule has 1 aromatic carbocycles. The van der Waals surface area contributed by atoms with Crippen molar-refractivity contribution in [3.63, 3.8) is 0 Å². The second-order valence-corrected chi connectivity index (χ2v) is 4.21. The van der Waals surface area contributed by atoms with Gasteiger partial charge in [0.15, 0.2) is 11.6 Å². The van der Waals surface area contributed by atoms with Crippen molar-refractivity contribution in [3.8, 4) is 12.1 Å². The van der Waals surface area contributed by atoms with Crippen LogP contribution < -0.4 is 0 Å². The predicted molar refractivity (Wildman–Crippen MR) is 62.5 cm³/mol. The van der Waals surface area contributed by atoms with Gasteiger partial charge in [-0.05, 0) is 12.8 Å². The summed E-state index contributed by atoms with van der Waals surface area (Å²) >= 11 is 0. The van der Waals surface area contributed by atoms with Crippen molar-refractivity contribution in [3.05, 3.63) is 35.4 Å². The lowest BCUT2D eigenvalue weighted by molar-refractivity contribution is 0.0828. The number of benzene rings is 1. The summed E-state index contributed by atoms with van der Waals surface area (Å²) < 4.78 is 0. The first-order chi connectivity index (χ1) is 8.69. The molecule has 0 N–H and O–H groups in total. The first-order valence-corrected chi connectivity index (χ1v) is 5.65. The van der Waals surface area contributed by atoms with Crippen LogP contribution in [0.3, 0.4) is 0 Å². The first kappa shape index (κ1) is 12.0. The van der Waals surface area contributed by atoms with Gasteiger partial charge in [-0.2, -0.15) is 10.5 Å². The highest BCUT2D eigenvalue weighted by Gasteiger charge is 2.37. The lowest BCUT2D eigenvalue weighted by Gasteiger charge is -2.06. The molecule has 4 nitrogen and oxygen atoms in total. The minimum atomic E-state index is -0.755. The number of carbonyl (C=O) groups excluding carboxylic acids is 2. The number of nitrogens with zero attached hydrogens (tertiary/aromatic N) is 2. The highest BCUT2D eigenvalue weighted by molar-refractivity contribution is 6.26. The van der Waals surface area contributed by atoms with Gasteiger partial charge in [0.25, 0.3) is 0 Å². The molecule has 1 aromatic rings. The maximum Gasteiger partial charge on any atom is 0.174 e. The van der Waals surface area contributed by atoms with E-state index in [0.29, 0.717) is 11.1 Å². The molecule has 4 heteroatoms. The van der Waals surface area contributed by atoms with Crippen molar-refractivity contribution in [2.24, 2.45) is 11.8 Å². The van der Waals surface area contributed by atoms with Gasteiger partial charge in [-0.25, -0.2) is 0 Å². The number of ketones is 2. The van der Waals surface area contributed by atoms with E-state index in [1.165, 1.54) is 0 Å². The monoisotopic (exact) mass is 238 g/mol. The third-order valence-electron chi connectivity index (χ3n) is 3.15. The Morgan fingerprint density at radius 1 is 1.06 bits per heavy atom. The van der Waals surface area contributed by atoms with Gasteiger partial charge in [-0.15, -0.1) is 0 Å². The number of fused-ring (bicyclic) bond motifs is 1. The molecule has 18 heavy (non-hydrogen) atoms.